The Hall–Kier alpha value is -1.25. The minimum Gasteiger partial charge on any atom is -0.465 e. The van der Waals surface area contributed by atoms with Crippen molar-refractivity contribution in [2.24, 2.45) is 23.2 Å². The number of methoxy groups -OCH3 is 1. The maximum atomic E-state index is 12.0. The summed E-state index contributed by atoms with van der Waals surface area (Å²) in [6.45, 7) is 25.7. The van der Waals surface area contributed by atoms with Gasteiger partial charge in [0.1, 0.15) is 4.88 Å². The fraction of sp³-hybridized carbons (Fsp3) is 0.784. The molecule has 8 heteroatoms. The topological polar surface area (TPSA) is 68.6 Å². The van der Waals surface area contributed by atoms with Crippen molar-refractivity contribution >= 4 is 33.9 Å². The molecule has 5 atom stereocenters. The van der Waals surface area contributed by atoms with Crippen LogP contribution in [0.2, 0.25) is 36.3 Å². The average Bonchev–Trinajstić information content (AvgIpc) is 3.51. The summed E-state index contributed by atoms with van der Waals surface area (Å²) in [7, 11) is -2.54. The van der Waals surface area contributed by atoms with Crippen LogP contribution in [0.4, 0.5) is 0 Å². The van der Waals surface area contributed by atoms with Crippen LogP contribution in [0.15, 0.2) is 24.3 Å². The second kappa shape index (κ2) is 14.9. The number of nitriles is 1. The molecular formula is C37H63NO4SSi2. The largest absolute Gasteiger partial charge is 0.465 e. The highest BCUT2D eigenvalue weighted by atomic mass is 32.1. The Morgan fingerprint density at radius 2 is 1.76 bits per heavy atom. The Morgan fingerprint density at radius 3 is 2.27 bits per heavy atom. The number of carbonyl (C=O) groups is 1. The number of thiophene rings is 1. The molecule has 2 saturated carbocycles. The number of hydrogen-bond donors (Lipinski definition) is 0. The number of rotatable bonds is 14. The molecule has 45 heavy (non-hydrogen) atoms. The first-order chi connectivity index (χ1) is 20.8. The lowest BCUT2D eigenvalue weighted by Crippen LogP contribution is -2.51. The first-order valence-corrected chi connectivity index (χ1v) is 24.0. The first kappa shape index (κ1) is 38.2. The van der Waals surface area contributed by atoms with E-state index < -0.39 is 16.6 Å². The van der Waals surface area contributed by atoms with Crippen LogP contribution in [0.1, 0.15) is 114 Å². The van der Waals surface area contributed by atoms with E-state index in [0.29, 0.717) is 4.88 Å². The van der Waals surface area contributed by atoms with Crippen molar-refractivity contribution in [2.45, 2.75) is 155 Å². The van der Waals surface area contributed by atoms with Crippen molar-refractivity contribution in [1.82, 2.24) is 0 Å². The van der Waals surface area contributed by atoms with Gasteiger partial charge in [-0.15, -0.1) is 11.3 Å². The summed E-state index contributed by atoms with van der Waals surface area (Å²) in [6.07, 6.45) is 14.7. The molecule has 0 saturated heterocycles. The van der Waals surface area contributed by atoms with Crippen molar-refractivity contribution in [3.63, 3.8) is 0 Å². The Kier molecular flexibility index (Phi) is 12.6. The van der Waals surface area contributed by atoms with E-state index in [2.05, 4.69) is 92.9 Å². The van der Waals surface area contributed by atoms with Crippen LogP contribution < -0.4 is 0 Å². The molecule has 0 amide bonds. The van der Waals surface area contributed by atoms with Crippen LogP contribution in [0, 0.1) is 34.5 Å². The molecule has 0 spiro atoms. The fourth-order valence-electron chi connectivity index (χ4n) is 6.70. The average molecular weight is 674 g/mol. The maximum Gasteiger partial charge on any atom is 0.348 e. The van der Waals surface area contributed by atoms with E-state index in [0.717, 1.165) is 32.1 Å². The zero-order valence-electron chi connectivity index (χ0n) is 30.5. The summed E-state index contributed by atoms with van der Waals surface area (Å²) in [4.78, 5) is 13.8. The van der Waals surface area contributed by atoms with Gasteiger partial charge in [-0.3, -0.25) is 0 Å². The van der Waals surface area contributed by atoms with Crippen molar-refractivity contribution in [2.75, 3.05) is 7.11 Å². The van der Waals surface area contributed by atoms with Crippen LogP contribution in [-0.2, 0) is 20.0 Å². The molecule has 3 rings (SSSR count). The Bertz CT molecular complexity index is 1190. The number of ether oxygens (including phenoxy) is 1. The van der Waals surface area contributed by atoms with Gasteiger partial charge in [0.2, 0.25) is 0 Å². The summed E-state index contributed by atoms with van der Waals surface area (Å²) in [6, 6.07) is 6.60. The van der Waals surface area contributed by atoms with Gasteiger partial charge in [-0.25, -0.2) is 4.79 Å². The molecule has 0 radical (unpaired) electrons. The Morgan fingerprint density at radius 1 is 1.11 bits per heavy atom. The third-order valence-corrected chi connectivity index (χ3v) is 22.2. The Balaban J connectivity index is 1.86. The van der Waals surface area contributed by atoms with Crippen molar-refractivity contribution in [3.8, 4) is 6.07 Å². The molecular weight excluding hydrogens is 611 g/mol. The number of carbonyl (C=O) groups excluding carboxylic acids is 1. The zero-order valence-corrected chi connectivity index (χ0v) is 33.4. The number of nitrogens with zero attached hydrogens (tertiary/aromatic N) is 1. The van der Waals surface area contributed by atoms with Crippen molar-refractivity contribution < 1.29 is 18.4 Å². The van der Waals surface area contributed by atoms with Gasteiger partial charge >= 0.3 is 5.97 Å². The summed E-state index contributed by atoms with van der Waals surface area (Å²) in [5.41, 5.74) is 0.283. The molecule has 0 aromatic carbocycles. The molecule has 1 aromatic heterocycles. The van der Waals surface area contributed by atoms with Gasteiger partial charge in [-0.1, -0.05) is 67.0 Å². The van der Waals surface area contributed by atoms with Gasteiger partial charge in [-0.05, 0) is 111 Å². The monoisotopic (exact) mass is 673 g/mol. The molecule has 0 bridgehead atoms. The van der Waals surface area contributed by atoms with E-state index in [1.807, 2.05) is 12.1 Å². The van der Waals surface area contributed by atoms with E-state index in [4.69, 9.17) is 13.6 Å². The number of hydrogen-bond acceptors (Lipinski definition) is 6. The third kappa shape index (κ3) is 9.01. The van der Waals surface area contributed by atoms with Crippen molar-refractivity contribution in [1.29, 1.82) is 5.26 Å². The molecule has 0 aliphatic heterocycles. The van der Waals surface area contributed by atoms with E-state index in [1.165, 1.54) is 49.0 Å². The predicted molar refractivity (Wildman–Crippen MR) is 194 cm³/mol. The standard InChI is InChI=1S/C37H63NO4SSi2/c1-13-37(23-16-24-37)33(42-45(11,12)36(5,6)7)20-15-19-30-29(18-14-17-28-21-22-32(43-28)34(39)40-8)27(26-38)25-31(30)41-44(9,10)35(2,3)4/h15,19,21-22,27,29-31,33H,13-14,16-18,20,23-25H2,1-12H3/b19-15+/t27-,29-,30+,31+,33?/m0/s1. The van der Waals surface area contributed by atoms with Crippen molar-refractivity contribution in [3.05, 3.63) is 34.0 Å². The van der Waals surface area contributed by atoms with E-state index in [1.54, 1.807) is 0 Å². The summed E-state index contributed by atoms with van der Waals surface area (Å²) < 4.78 is 19.2. The minimum absolute atomic E-state index is 0.0173. The lowest BCUT2D eigenvalue weighted by Gasteiger charge is -2.51. The molecule has 1 heterocycles. The highest BCUT2D eigenvalue weighted by molar-refractivity contribution is 7.13. The molecule has 2 fully saturated rings. The zero-order chi connectivity index (χ0) is 33.8. The van der Waals surface area contributed by atoms with Crippen LogP contribution >= 0.6 is 11.3 Å². The second-order valence-electron chi connectivity index (χ2n) is 16.9. The van der Waals surface area contributed by atoms with Gasteiger partial charge in [0.15, 0.2) is 16.6 Å². The fourth-order valence-corrected chi connectivity index (χ4v) is 10.4. The van der Waals surface area contributed by atoms with E-state index in [9.17, 15) is 10.1 Å². The summed E-state index contributed by atoms with van der Waals surface area (Å²) in [5.74, 6) is 0.177. The normalized spacial score (nSPS) is 24.8. The van der Waals surface area contributed by atoms with Crippen LogP contribution in [0.5, 0.6) is 0 Å². The van der Waals surface area contributed by atoms with Crippen LogP contribution in [0.3, 0.4) is 0 Å². The molecule has 0 N–H and O–H groups in total. The van der Waals surface area contributed by atoms with Crippen LogP contribution in [-0.4, -0.2) is 41.9 Å². The molecule has 254 valence electrons. The lowest BCUT2D eigenvalue weighted by molar-refractivity contribution is -0.0273. The van der Waals surface area contributed by atoms with E-state index >= 15 is 0 Å². The Labute approximate surface area is 281 Å². The maximum absolute atomic E-state index is 12.0. The predicted octanol–water partition coefficient (Wildman–Crippen LogP) is 10.9. The highest BCUT2D eigenvalue weighted by Crippen LogP contribution is 2.52. The molecule has 1 unspecified atom stereocenters. The SMILES string of the molecule is CCC1(C(C/C=C/[C@@H]2[C@@H](CCCc3ccc(C(=O)OC)s3)[C@H](C#N)C[C@H]2O[Si](C)(C)C(C)(C)C)O[Si](C)(C)C(C)(C)C)CCC1. The second-order valence-corrected chi connectivity index (χ2v) is 27.6. The van der Waals surface area contributed by atoms with Gasteiger partial charge < -0.3 is 13.6 Å². The van der Waals surface area contributed by atoms with Gasteiger partial charge in [0.05, 0.1) is 31.3 Å². The number of aryl methyl sites for hydroxylation is 1. The minimum atomic E-state index is -2.03. The number of esters is 1. The van der Waals surface area contributed by atoms with Gasteiger partial charge in [0.25, 0.3) is 0 Å². The molecule has 5 nitrogen and oxygen atoms in total. The smallest absolute Gasteiger partial charge is 0.348 e. The van der Waals surface area contributed by atoms with Gasteiger partial charge in [-0.2, -0.15) is 5.26 Å². The first-order valence-electron chi connectivity index (χ1n) is 17.4. The lowest BCUT2D eigenvalue weighted by atomic mass is 9.63. The van der Waals surface area contributed by atoms with Gasteiger partial charge in [0, 0.05) is 10.8 Å². The molecule has 2 aliphatic carbocycles. The summed E-state index contributed by atoms with van der Waals surface area (Å²) in [5, 5.41) is 10.6. The van der Waals surface area contributed by atoms with E-state index in [-0.39, 0.29) is 51.4 Å². The van der Waals surface area contributed by atoms with Crippen LogP contribution in [0.25, 0.3) is 0 Å². The third-order valence-electron chi connectivity index (χ3n) is 12.0. The molecule has 2 aliphatic rings. The summed E-state index contributed by atoms with van der Waals surface area (Å²) >= 11 is 1.52. The highest BCUT2D eigenvalue weighted by Gasteiger charge is 2.49. The quantitative estimate of drug-likeness (QED) is 0.112. The molecule has 1 aromatic rings.